The molecule has 0 aromatic heterocycles. The molecule has 256 valence electrons. The molecule has 0 bridgehead atoms. The number of rotatable bonds is 12. The van der Waals surface area contributed by atoms with E-state index < -0.39 is 36.6 Å². The predicted octanol–water partition coefficient (Wildman–Crippen LogP) is 5.86. The third-order valence-corrected chi connectivity index (χ3v) is 9.34. The highest BCUT2D eigenvalue weighted by Gasteiger charge is 2.38. The van der Waals surface area contributed by atoms with Gasteiger partial charge in [0.05, 0.1) is 18.2 Å². The van der Waals surface area contributed by atoms with Crippen LogP contribution in [0, 0.1) is 0 Å². The standard InChI is InChI=1S/C40H44N2O7/c1-26-38(42(2)3)35(43)23-37(48-26)49-36(28-16-8-5-9-17-28)25-46-39(44)34(22-27-14-6-4-7-15-27)41-40(45)47-24-33-31-20-12-10-18-29(31)30-19-11-13-21-32(30)33/h4-21,26,33-38,43H,22-25H2,1-3H3,(H,41,45)/t26-,34+,35-,36-,37-,38+/m0/s1. The molecule has 1 aliphatic heterocycles. The summed E-state index contributed by atoms with van der Waals surface area (Å²) in [4.78, 5) is 28.9. The van der Waals surface area contributed by atoms with E-state index in [1.165, 1.54) is 0 Å². The summed E-state index contributed by atoms with van der Waals surface area (Å²) in [6.07, 6.45) is -2.53. The Balaban J connectivity index is 1.13. The van der Waals surface area contributed by atoms with E-state index in [1.807, 2.05) is 111 Å². The van der Waals surface area contributed by atoms with Gasteiger partial charge in [0.1, 0.15) is 25.4 Å². The zero-order valence-corrected chi connectivity index (χ0v) is 28.1. The van der Waals surface area contributed by atoms with E-state index in [9.17, 15) is 14.7 Å². The van der Waals surface area contributed by atoms with Crippen LogP contribution < -0.4 is 5.32 Å². The van der Waals surface area contributed by atoms with E-state index in [0.29, 0.717) is 0 Å². The maximum absolute atomic E-state index is 13.7. The van der Waals surface area contributed by atoms with Gasteiger partial charge in [0.15, 0.2) is 6.29 Å². The van der Waals surface area contributed by atoms with Gasteiger partial charge in [-0.05, 0) is 54.4 Å². The van der Waals surface area contributed by atoms with Crippen molar-refractivity contribution in [2.45, 2.75) is 62.4 Å². The summed E-state index contributed by atoms with van der Waals surface area (Å²) in [5.41, 5.74) is 6.11. The lowest BCUT2D eigenvalue weighted by molar-refractivity contribution is -0.253. The number of hydrogen-bond acceptors (Lipinski definition) is 8. The fraction of sp³-hybridized carbons (Fsp3) is 0.350. The van der Waals surface area contributed by atoms with E-state index in [2.05, 4.69) is 29.6 Å². The SMILES string of the molecule is C[C@@H]1O[C@@H](O[C@@H](COC(=O)[C@@H](Cc2ccccc2)NC(=O)OCC2c3ccccc3-c3ccccc32)c2ccccc2)C[C@H](O)[C@@H]1N(C)C. The smallest absolute Gasteiger partial charge is 0.407 e. The molecule has 2 N–H and O–H groups in total. The molecule has 0 spiro atoms. The van der Waals surface area contributed by atoms with Crippen LogP contribution in [0.2, 0.25) is 0 Å². The first-order chi connectivity index (χ1) is 23.8. The lowest BCUT2D eigenvalue weighted by atomic mass is 9.98. The number of amides is 1. The number of carbonyl (C=O) groups is 2. The zero-order valence-electron chi connectivity index (χ0n) is 28.1. The molecule has 1 fully saturated rings. The third-order valence-electron chi connectivity index (χ3n) is 9.34. The highest BCUT2D eigenvalue weighted by Crippen LogP contribution is 2.44. The Hall–Kier alpha value is -4.54. The number of ether oxygens (including phenoxy) is 4. The molecule has 0 radical (unpaired) electrons. The third kappa shape index (κ3) is 8.20. The van der Waals surface area contributed by atoms with Crippen molar-refractivity contribution >= 4 is 12.1 Å². The minimum absolute atomic E-state index is 0.113. The Morgan fingerprint density at radius 1 is 0.857 bits per heavy atom. The van der Waals surface area contributed by atoms with Gasteiger partial charge < -0.3 is 34.3 Å². The second-order valence-electron chi connectivity index (χ2n) is 12.9. The monoisotopic (exact) mass is 664 g/mol. The van der Waals surface area contributed by atoms with Crippen molar-refractivity contribution < 1.29 is 33.6 Å². The van der Waals surface area contributed by atoms with E-state index in [0.717, 1.165) is 33.4 Å². The Kier molecular flexibility index (Phi) is 11.1. The van der Waals surface area contributed by atoms with Crippen LogP contribution in [0.15, 0.2) is 109 Å². The van der Waals surface area contributed by atoms with Gasteiger partial charge >= 0.3 is 12.1 Å². The summed E-state index contributed by atoms with van der Waals surface area (Å²) >= 11 is 0. The number of alkyl carbamates (subject to hydrolysis) is 1. The van der Waals surface area contributed by atoms with Crippen molar-refractivity contribution in [1.82, 2.24) is 10.2 Å². The van der Waals surface area contributed by atoms with Crippen LogP contribution in [0.25, 0.3) is 11.1 Å². The predicted molar refractivity (Wildman–Crippen MR) is 186 cm³/mol. The van der Waals surface area contributed by atoms with Crippen molar-refractivity contribution in [1.29, 1.82) is 0 Å². The Morgan fingerprint density at radius 2 is 1.45 bits per heavy atom. The molecule has 2 aliphatic rings. The van der Waals surface area contributed by atoms with Crippen LogP contribution in [0.1, 0.15) is 47.6 Å². The average molecular weight is 665 g/mol. The van der Waals surface area contributed by atoms with Gasteiger partial charge in [-0.2, -0.15) is 0 Å². The molecule has 6 atom stereocenters. The van der Waals surface area contributed by atoms with Gasteiger partial charge in [0.25, 0.3) is 0 Å². The lowest BCUT2D eigenvalue weighted by Crippen LogP contribution is -2.54. The number of fused-ring (bicyclic) bond motifs is 3. The molecule has 6 rings (SSSR count). The van der Waals surface area contributed by atoms with Gasteiger partial charge in [-0.15, -0.1) is 0 Å². The summed E-state index contributed by atoms with van der Waals surface area (Å²) in [6, 6.07) is 33.9. The molecule has 0 unspecified atom stereocenters. The number of aliphatic hydroxyl groups excluding tert-OH is 1. The van der Waals surface area contributed by atoms with E-state index in [4.69, 9.17) is 18.9 Å². The summed E-state index contributed by atoms with van der Waals surface area (Å²) < 4.78 is 24.1. The minimum Gasteiger partial charge on any atom is -0.461 e. The summed E-state index contributed by atoms with van der Waals surface area (Å²) in [7, 11) is 3.81. The largest absolute Gasteiger partial charge is 0.461 e. The van der Waals surface area contributed by atoms with Crippen LogP contribution in [-0.2, 0) is 30.2 Å². The van der Waals surface area contributed by atoms with Crippen LogP contribution in [0.5, 0.6) is 0 Å². The Labute approximate surface area is 287 Å². The molecule has 4 aromatic rings. The molecular formula is C40H44N2O7. The average Bonchev–Trinajstić information content (AvgIpc) is 3.42. The summed E-state index contributed by atoms with van der Waals surface area (Å²) in [5, 5.41) is 13.6. The van der Waals surface area contributed by atoms with Crippen LogP contribution in [0.4, 0.5) is 4.79 Å². The second-order valence-corrected chi connectivity index (χ2v) is 12.9. The number of likely N-dealkylation sites (N-methyl/N-ethyl adjacent to an activating group) is 1. The first-order valence-corrected chi connectivity index (χ1v) is 16.8. The van der Waals surface area contributed by atoms with Gasteiger partial charge in [-0.25, -0.2) is 9.59 Å². The number of aliphatic hydroxyl groups is 1. The van der Waals surface area contributed by atoms with Crippen molar-refractivity contribution in [2.24, 2.45) is 0 Å². The Morgan fingerprint density at radius 3 is 2.06 bits per heavy atom. The molecule has 1 amide bonds. The van der Waals surface area contributed by atoms with Gasteiger partial charge in [-0.3, -0.25) is 0 Å². The van der Waals surface area contributed by atoms with Gasteiger partial charge in [-0.1, -0.05) is 109 Å². The molecule has 4 aromatic carbocycles. The summed E-state index contributed by atoms with van der Waals surface area (Å²) in [6.45, 7) is 1.91. The van der Waals surface area contributed by atoms with Gasteiger partial charge in [0.2, 0.25) is 0 Å². The first kappa shape index (κ1) is 34.3. The number of benzene rings is 4. The molecule has 1 aliphatic carbocycles. The molecule has 1 heterocycles. The molecule has 9 nitrogen and oxygen atoms in total. The number of hydrogen-bond donors (Lipinski definition) is 2. The lowest BCUT2D eigenvalue weighted by Gasteiger charge is -2.42. The number of esters is 1. The van der Waals surface area contributed by atoms with Crippen molar-refractivity contribution in [3.63, 3.8) is 0 Å². The van der Waals surface area contributed by atoms with Crippen LogP contribution in [-0.4, -0.2) is 80.0 Å². The maximum atomic E-state index is 13.7. The highest BCUT2D eigenvalue weighted by molar-refractivity contribution is 5.82. The van der Waals surface area contributed by atoms with Gasteiger partial charge in [0, 0.05) is 18.8 Å². The van der Waals surface area contributed by atoms with E-state index in [-0.39, 0.29) is 44.1 Å². The van der Waals surface area contributed by atoms with Crippen molar-refractivity contribution in [3.8, 4) is 11.1 Å². The molecule has 1 saturated heterocycles. The fourth-order valence-electron chi connectivity index (χ4n) is 7.03. The quantitative estimate of drug-likeness (QED) is 0.182. The van der Waals surface area contributed by atoms with Crippen molar-refractivity contribution in [2.75, 3.05) is 27.3 Å². The topological polar surface area (TPSA) is 107 Å². The normalized spacial score (nSPS) is 21.3. The Bertz CT molecular complexity index is 1640. The number of carbonyl (C=O) groups excluding carboxylic acids is 2. The van der Waals surface area contributed by atoms with E-state index >= 15 is 0 Å². The minimum atomic E-state index is -1.01. The molecule has 0 saturated carbocycles. The highest BCUT2D eigenvalue weighted by atomic mass is 16.7. The maximum Gasteiger partial charge on any atom is 0.407 e. The van der Waals surface area contributed by atoms with Crippen LogP contribution >= 0.6 is 0 Å². The molecule has 49 heavy (non-hydrogen) atoms. The van der Waals surface area contributed by atoms with E-state index in [1.54, 1.807) is 0 Å². The summed E-state index contributed by atoms with van der Waals surface area (Å²) in [5.74, 6) is -0.731. The molecular weight excluding hydrogens is 620 g/mol. The fourth-order valence-corrected chi connectivity index (χ4v) is 7.03. The second kappa shape index (κ2) is 15.8. The number of nitrogens with zero attached hydrogens (tertiary/aromatic N) is 1. The van der Waals surface area contributed by atoms with Crippen molar-refractivity contribution in [3.05, 3.63) is 131 Å². The van der Waals surface area contributed by atoms with Crippen LogP contribution in [0.3, 0.4) is 0 Å². The first-order valence-electron chi connectivity index (χ1n) is 16.8. The zero-order chi connectivity index (χ0) is 34.3. The molecule has 9 heteroatoms. The number of nitrogens with one attached hydrogen (secondary N) is 1.